The van der Waals surface area contributed by atoms with Gasteiger partial charge in [-0.15, -0.1) is 6.58 Å². The number of halogens is 6. The molecular formula is C37H40BrF5N2O4. The number of rotatable bonds is 15. The van der Waals surface area contributed by atoms with E-state index in [4.69, 9.17) is 4.74 Å². The van der Waals surface area contributed by atoms with Crippen LogP contribution in [0.1, 0.15) is 85.9 Å². The fourth-order valence-electron chi connectivity index (χ4n) is 5.74. The van der Waals surface area contributed by atoms with Gasteiger partial charge in [-0.1, -0.05) is 18.2 Å². The molecule has 1 heterocycles. The Morgan fingerprint density at radius 2 is 1.80 bits per heavy atom. The molecule has 0 unspecified atom stereocenters. The minimum atomic E-state index is -4.82. The van der Waals surface area contributed by atoms with Crippen LogP contribution in [0.5, 0.6) is 0 Å². The van der Waals surface area contributed by atoms with E-state index in [0.29, 0.717) is 34.7 Å². The highest BCUT2D eigenvalue weighted by Crippen LogP contribution is 2.36. The van der Waals surface area contributed by atoms with Gasteiger partial charge in [-0.3, -0.25) is 14.4 Å². The molecule has 1 amide bonds. The maximum absolute atomic E-state index is 16.0. The summed E-state index contributed by atoms with van der Waals surface area (Å²) in [5.41, 5.74) is 0.415. The Labute approximate surface area is 291 Å². The molecule has 1 aromatic heterocycles. The number of allylic oxidation sites excluding steroid dienone is 3. The molecule has 1 N–H and O–H groups in total. The van der Waals surface area contributed by atoms with Crippen LogP contribution < -0.4 is 10.9 Å². The number of aryl methyl sites for hydroxylation is 3. The number of hydrogen-bond acceptors (Lipinski definition) is 4. The lowest BCUT2D eigenvalue weighted by molar-refractivity contribution is -0.144. The summed E-state index contributed by atoms with van der Waals surface area (Å²) in [7, 11) is 0. The summed E-state index contributed by atoms with van der Waals surface area (Å²) in [6, 6.07) is 3.69. The van der Waals surface area contributed by atoms with Crippen LogP contribution in [-0.2, 0) is 26.9 Å². The first-order valence-electron chi connectivity index (χ1n) is 15.9. The van der Waals surface area contributed by atoms with Crippen LogP contribution in [0, 0.1) is 25.5 Å². The highest BCUT2D eigenvalue weighted by Gasteiger charge is 2.35. The van der Waals surface area contributed by atoms with Crippen molar-refractivity contribution in [1.29, 1.82) is 0 Å². The van der Waals surface area contributed by atoms with Crippen molar-refractivity contribution in [3.8, 4) is 11.1 Å². The molecule has 0 bridgehead atoms. The van der Waals surface area contributed by atoms with Crippen LogP contribution in [0.15, 0.2) is 70.6 Å². The van der Waals surface area contributed by atoms with Crippen LogP contribution in [0.4, 0.5) is 22.0 Å². The summed E-state index contributed by atoms with van der Waals surface area (Å²) in [6.45, 7) is 10.4. The number of nitrogens with zero attached hydrogens (tertiary/aromatic N) is 1. The second kappa shape index (κ2) is 17.6. The number of carbonyl (C=O) groups excluding carboxylic acids is 2. The monoisotopic (exact) mass is 750 g/mol. The van der Waals surface area contributed by atoms with E-state index in [1.165, 1.54) is 31.2 Å². The minimum absolute atomic E-state index is 0.0172. The highest BCUT2D eigenvalue weighted by molar-refractivity contribution is 9.10. The zero-order valence-electron chi connectivity index (χ0n) is 27.9. The van der Waals surface area contributed by atoms with Crippen LogP contribution in [0.3, 0.4) is 0 Å². The van der Waals surface area contributed by atoms with E-state index in [0.717, 1.165) is 23.6 Å². The van der Waals surface area contributed by atoms with Crippen LogP contribution >= 0.6 is 15.9 Å². The average molecular weight is 752 g/mol. The molecule has 0 radical (unpaired) electrons. The average Bonchev–Trinajstić information content (AvgIpc) is 3.01. The van der Waals surface area contributed by atoms with Crippen molar-refractivity contribution in [2.45, 2.75) is 84.5 Å². The lowest BCUT2D eigenvalue weighted by Crippen LogP contribution is -2.40. The largest absolute Gasteiger partial charge is 0.466 e. The Bertz CT molecular complexity index is 1770. The van der Waals surface area contributed by atoms with Gasteiger partial charge in [-0.2, -0.15) is 13.2 Å². The summed E-state index contributed by atoms with van der Waals surface area (Å²) in [5.74, 6) is -2.70. The first-order valence-corrected chi connectivity index (χ1v) is 16.7. The van der Waals surface area contributed by atoms with E-state index in [-0.39, 0.29) is 30.6 Å². The number of aromatic nitrogens is 1. The van der Waals surface area contributed by atoms with Crippen LogP contribution in [0.25, 0.3) is 11.1 Å². The summed E-state index contributed by atoms with van der Waals surface area (Å²) in [4.78, 5) is 39.7. The summed E-state index contributed by atoms with van der Waals surface area (Å²) >= 11 is 2.86. The number of unbranched alkanes of at least 4 members (excludes halogenated alkanes) is 1. The molecule has 3 aromatic rings. The fourth-order valence-corrected chi connectivity index (χ4v) is 6.30. The SMILES string of the molecule is C=CCC[C@@H](C(=O)N[C@@H](CC(=O)OCC)c1cc(-c2c(C)cc(F)cc2CCCC=CC)cc(C)c1F)n1cc(Br)c(C(F)(F)F)cc1=O. The Hall–Kier alpha value is -4.06. The van der Waals surface area contributed by atoms with Gasteiger partial charge in [0.1, 0.15) is 17.7 Å². The Kier molecular flexibility index (Phi) is 14.1. The number of nitrogens with one attached hydrogen (secondary N) is 1. The molecule has 2 aromatic carbocycles. The molecule has 0 spiro atoms. The van der Waals surface area contributed by atoms with Gasteiger partial charge in [-0.25, -0.2) is 8.78 Å². The number of amides is 1. The van der Waals surface area contributed by atoms with E-state index >= 15 is 4.39 Å². The Morgan fingerprint density at radius 1 is 1.08 bits per heavy atom. The van der Waals surface area contributed by atoms with Crippen molar-refractivity contribution >= 4 is 27.8 Å². The summed E-state index contributed by atoms with van der Waals surface area (Å²) in [5, 5.41) is 2.68. The third kappa shape index (κ3) is 10.2. The summed E-state index contributed by atoms with van der Waals surface area (Å²) < 4.78 is 76.6. The van der Waals surface area contributed by atoms with Crippen molar-refractivity contribution < 1.29 is 36.3 Å². The molecule has 0 fully saturated rings. The lowest BCUT2D eigenvalue weighted by atomic mass is 9.88. The van der Waals surface area contributed by atoms with E-state index < -0.39 is 63.8 Å². The molecule has 0 aliphatic heterocycles. The third-order valence-corrected chi connectivity index (χ3v) is 8.63. The number of carbonyl (C=O) groups is 2. The zero-order chi connectivity index (χ0) is 36.5. The zero-order valence-corrected chi connectivity index (χ0v) is 29.4. The molecule has 12 heteroatoms. The second-order valence-electron chi connectivity index (χ2n) is 11.6. The number of benzene rings is 2. The molecule has 0 aliphatic carbocycles. The van der Waals surface area contributed by atoms with Gasteiger partial charge in [0, 0.05) is 22.3 Å². The number of hydrogen-bond donors (Lipinski definition) is 1. The molecule has 2 atom stereocenters. The molecule has 264 valence electrons. The van der Waals surface area contributed by atoms with E-state index in [1.807, 2.05) is 19.1 Å². The first kappa shape index (κ1) is 39.4. The standard InChI is InChI=1S/C37H40BrF5N2O4/c1-6-9-11-12-13-24-17-26(39)16-22(4)34(24)25-15-23(5)35(40)27(18-25)30(20-33(47)49-8-3)44-36(48)31(14-10-7-2)45-21-29(38)28(19-32(45)46)37(41,42)43/h6-7,9,15-19,21,30-31H,2,8,10-14,20H2,1,3-5H3,(H,44,48)/t30-,31-/m0/s1. The Balaban J connectivity index is 2.16. The second-order valence-corrected chi connectivity index (χ2v) is 12.5. The van der Waals surface area contributed by atoms with Crippen molar-refractivity contribution in [1.82, 2.24) is 9.88 Å². The number of alkyl halides is 3. The molecule has 3 rings (SSSR count). The molecule has 0 saturated carbocycles. The van der Waals surface area contributed by atoms with E-state index in [1.54, 1.807) is 19.9 Å². The van der Waals surface area contributed by atoms with Crippen molar-refractivity contribution in [2.24, 2.45) is 0 Å². The van der Waals surface area contributed by atoms with Gasteiger partial charge < -0.3 is 14.6 Å². The number of pyridine rings is 1. The molecule has 6 nitrogen and oxygen atoms in total. The first-order chi connectivity index (χ1) is 23.1. The predicted molar refractivity (Wildman–Crippen MR) is 183 cm³/mol. The Morgan fingerprint density at radius 3 is 2.43 bits per heavy atom. The fraction of sp³-hybridized carbons (Fsp3) is 0.378. The van der Waals surface area contributed by atoms with Gasteiger partial charge in [0.25, 0.3) is 5.56 Å². The predicted octanol–water partition coefficient (Wildman–Crippen LogP) is 9.41. The lowest BCUT2D eigenvalue weighted by Gasteiger charge is -2.26. The van der Waals surface area contributed by atoms with Crippen LogP contribution in [0.2, 0.25) is 0 Å². The molecular weight excluding hydrogens is 711 g/mol. The normalized spacial score (nSPS) is 12.9. The quantitative estimate of drug-likeness (QED) is 0.0727. The van der Waals surface area contributed by atoms with Gasteiger partial charge in [0.15, 0.2) is 0 Å². The van der Waals surface area contributed by atoms with Gasteiger partial charge >= 0.3 is 12.1 Å². The van der Waals surface area contributed by atoms with E-state index in [2.05, 4.69) is 27.8 Å². The highest BCUT2D eigenvalue weighted by atomic mass is 79.9. The van der Waals surface area contributed by atoms with Crippen molar-refractivity contribution in [3.63, 3.8) is 0 Å². The van der Waals surface area contributed by atoms with Crippen molar-refractivity contribution in [2.75, 3.05) is 6.61 Å². The van der Waals surface area contributed by atoms with Crippen molar-refractivity contribution in [3.05, 3.63) is 116 Å². The molecule has 49 heavy (non-hydrogen) atoms. The molecule has 0 aliphatic rings. The topological polar surface area (TPSA) is 77.4 Å². The van der Waals surface area contributed by atoms with Gasteiger partial charge in [0.2, 0.25) is 5.91 Å². The van der Waals surface area contributed by atoms with E-state index in [9.17, 15) is 31.9 Å². The van der Waals surface area contributed by atoms with Crippen LogP contribution in [-0.4, -0.2) is 23.1 Å². The van der Waals surface area contributed by atoms with Gasteiger partial charge in [0.05, 0.1) is 24.6 Å². The maximum atomic E-state index is 16.0. The molecule has 0 saturated heterocycles. The third-order valence-electron chi connectivity index (χ3n) is 7.99. The van der Waals surface area contributed by atoms with Gasteiger partial charge in [-0.05, 0) is 128 Å². The minimum Gasteiger partial charge on any atom is -0.466 e. The summed E-state index contributed by atoms with van der Waals surface area (Å²) in [6.07, 6.45) is 3.21. The maximum Gasteiger partial charge on any atom is 0.417 e. The smallest absolute Gasteiger partial charge is 0.417 e. The number of ether oxygens (including phenoxy) is 1. The number of esters is 1.